The second-order valence-corrected chi connectivity index (χ2v) is 10.4. The average Bonchev–Trinajstić information content (AvgIpc) is 3.19. The van der Waals surface area contributed by atoms with Crippen LogP contribution in [0.25, 0.3) is 5.69 Å². The fraction of sp³-hybridized carbons (Fsp3) is 0.320. The van der Waals surface area contributed by atoms with Crippen molar-refractivity contribution in [3.63, 3.8) is 0 Å². The molecule has 0 saturated carbocycles. The van der Waals surface area contributed by atoms with Crippen LogP contribution in [0.1, 0.15) is 37.9 Å². The zero-order chi connectivity index (χ0) is 23.4. The highest BCUT2D eigenvalue weighted by atomic mass is 32.2. The van der Waals surface area contributed by atoms with Gasteiger partial charge in [0.15, 0.2) is 5.16 Å². The van der Waals surface area contributed by atoms with Gasteiger partial charge >= 0.3 is 0 Å². The Morgan fingerprint density at radius 3 is 2.64 bits per heavy atom. The van der Waals surface area contributed by atoms with Gasteiger partial charge in [0.1, 0.15) is 5.82 Å². The summed E-state index contributed by atoms with van der Waals surface area (Å²) in [6.07, 6.45) is 4.03. The highest BCUT2D eigenvalue weighted by molar-refractivity contribution is 8.00. The van der Waals surface area contributed by atoms with Gasteiger partial charge in [-0.25, -0.2) is 9.37 Å². The van der Waals surface area contributed by atoms with E-state index in [0.717, 1.165) is 30.6 Å². The molecular formula is C25H26FN3O2S2. The molecule has 5 nitrogen and oxygen atoms in total. The van der Waals surface area contributed by atoms with Gasteiger partial charge in [-0.15, -0.1) is 11.8 Å². The van der Waals surface area contributed by atoms with E-state index in [4.69, 9.17) is 4.98 Å². The Kier molecular flexibility index (Phi) is 7.55. The number of carbonyl (C=O) groups excluding carboxylic acids is 1. The van der Waals surface area contributed by atoms with Crippen molar-refractivity contribution in [2.75, 3.05) is 11.1 Å². The van der Waals surface area contributed by atoms with Crippen LogP contribution >= 0.6 is 23.5 Å². The Morgan fingerprint density at radius 1 is 1.21 bits per heavy atom. The summed E-state index contributed by atoms with van der Waals surface area (Å²) in [5.41, 5.74) is 3.11. The molecule has 8 heteroatoms. The number of aryl methyl sites for hydroxylation is 1. The van der Waals surface area contributed by atoms with Crippen LogP contribution in [0.5, 0.6) is 0 Å². The maximum atomic E-state index is 13.5. The maximum Gasteiger partial charge on any atom is 0.272 e. The van der Waals surface area contributed by atoms with Gasteiger partial charge < -0.3 is 5.32 Å². The lowest BCUT2D eigenvalue weighted by atomic mass is 10.1. The SMILES string of the molecule is CCCCc1ccc(NC(=O)CSc2nc3c(c(=O)n2-c2ccc(F)cc2)SC(C)C3)cc1. The van der Waals surface area contributed by atoms with E-state index in [9.17, 15) is 14.0 Å². The van der Waals surface area contributed by atoms with Crippen molar-refractivity contribution in [3.8, 4) is 5.69 Å². The number of halogens is 1. The molecule has 0 aliphatic carbocycles. The van der Waals surface area contributed by atoms with E-state index < -0.39 is 0 Å². The Bertz CT molecular complexity index is 1190. The number of benzene rings is 2. The molecule has 172 valence electrons. The summed E-state index contributed by atoms with van der Waals surface area (Å²) in [5.74, 6) is -0.449. The van der Waals surface area contributed by atoms with E-state index in [0.29, 0.717) is 22.2 Å². The third kappa shape index (κ3) is 5.68. The van der Waals surface area contributed by atoms with Crippen LogP contribution in [0.2, 0.25) is 0 Å². The van der Waals surface area contributed by atoms with Gasteiger partial charge in [-0.3, -0.25) is 14.2 Å². The number of thioether (sulfide) groups is 2. The molecule has 2 aromatic carbocycles. The number of hydrogen-bond donors (Lipinski definition) is 1. The second kappa shape index (κ2) is 10.6. The van der Waals surface area contributed by atoms with E-state index >= 15 is 0 Å². The number of anilines is 1. The van der Waals surface area contributed by atoms with E-state index in [-0.39, 0.29) is 28.3 Å². The number of carbonyl (C=O) groups is 1. The third-order valence-corrected chi connectivity index (χ3v) is 7.51. The van der Waals surface area contributed by atoms with Crippen LogP contribution in [0.15, 0.2) is 63.4 Å². The molecule has 0 radical (unpaired) electrons. The molecule has 0 saturated heterocycles. The van der Waals surface area contributed by atoms with Crippen molar-refractivity contribution in [1.29, 1.82) is 0 Å². The number of nitrogens with zero attached hydrogens (tertiary/aromatic N) is 2. The Hall–Kier alpha value is -2.58. The fourth-order valence-corrected chi connectivity index (χ4v) is 5.60. The minimum absolute atomic E-state index is 0.104. The van der Waals surface area contributed by atoms with Gasteiger partial charge in [0.25, 0.3) is 5.56 Å². The summed E-state index contributed by atoms with van der Waals surface area (Å²) in [5, 5.41) is 3.61. The lowest BCUT2D eigenvalue weighted by Gasteiger charge is -2.14. The van der Waals surface area contributed by atoms with Gasteiger partial charge in [-0.1, -0.05) is 44.2 Å². The quantitative estimate of drug-likeness (QED) is 0.339. The molecule has 4 rings (SSSR count). The number of rotatable bonds is 8. The van der Waals surface area contributed by atoms with Crippen LogP contribution in [0.3, 0.4) is 0 Å². The number of unbranched alkanes of at least 4 members (excludes halogenated alkanes) is 1. The van der Waals surface area contributed by atoms with Gasteiger partial charge in [-0.05, 0) is 54.8 Å². The minimum atomic E-state index is -0.377. The number of aromatic nitrogens is 2. The zero-order valence-corrected chi connectivity index (χ0v) is 20.3. The highest BCUT2D eigenvalue weighted by Crippen LogP contribution is 2.34. The van der Waals surface area contributed by atoms with E-state index in [2.05, 4.69) is 19.2 Å². The first-order chi connectivity index (χ1) is 15.9. The van der Waals surface area contributed by atoms with Crippen molar-refractivity contribution in [2.45, 2.75) is 54.8 Å². The van der Waals surface area contributed by atoms with Crippen molar-refractivity contribution < 1.29 is 9.18 Å². The molecule has 1 amide bonds. The molecule has 1 atom stereocenters. The molecule has 33 heavy (non-hydrogen) atoms. The van der Waals surface area contributed by atoms with E-state index in [1.807, 2.05) is 24.3 Å². The first-order valence-corrected chi connectivity index (χ1v) is 12.9. The van der Waals surface area contributed by atoms with Crippen LogP contribution in [-0.2, 0) is 17.6 Å². The summed E-state index contributed by atoms with van der Waals surface area (Å²) in [6.45, 7) is 4.22. The van der Waals surface area contributed by atoms with Gasteiger partial charge in [-0.2, -0.15) is 0 Å². The highest BCUT2D eigenvalue weighted by Gasteiger charge is 2.27. The predicted molar refractivity (Wildman–Crippen MR) is 133 cm³/mol. The third-order valence-electron chi connectivity index (χ3n) is 5.36. The van der Waals surface area contributed by atoms with Gasteiger partial charge in [0.05, 0.1) is 22.0 Å². The fourth-order valence-electron chi connectivity index (χ4n) is 3.68. The lowest BCUT2D eigenvalue weighted by molar-refractivity contribution is -0.113. The van der Waals surface area contributed by atoms with Crippen LogP contribution in [0.4, 0.5) is 10.1 Å². The molecule has 1 unspecified atom stereocenters. The number of amides is 1. The number of nitrogens with one attached hydrogen (secondary N) is 1. The first-order valence-electron chi connectivity index (χ1n) is 11.0. The van der Waals surface area contributed by atoms with Crippen LogP contribution in [-0.4, -0.2) is 26.5 Å². The first kappa shape index (κ1) is 23.6. The molecule has 0 spiro atoms. The zero-order valence-electron chi connectivity index (χ0n) is 18.6. The largest absolute Gasteiger partial charge is 0.325 e. The van der Waals surface area contributed by atoms with Crippen LogP contribution in [0, 0.1) is 5.82 Å². The predicted octanol–water partition coefficient (Wildman–Crippen LogP) is 5.48. The summed E-state index contributed by atoms with van der Waals surface area (Å²) in [6, 6.07) is 13.6. The van der Waals surface area contributed by atoms with Crippen molar-refractivity contribution in [3.05, 3.63) is 76.0 Å². The monoisotopic (exact) mass is 483 g/mol. The molecule has 0 fully saturated rings. The topological polar surface area (TPSA) is 64.0 Å². The Labute approximate surface area is 201 Å². The smallest absolute Gasteiger partial charge is 0.272 e. The van der Waals surface area contributed by atoms with Crippen LogP contribution < -0.4 is 10.9 Å². The molecule has 1 N–H and O–H groups in total. The molecule has 2 heterocycles. The van der Waals surface area contributed by atoms with Crippen molar-refractivity contribution >= 4 is 35.1 Å². The van der Waals surface area contributed by atoms with Gasteiger partial charge in [0, 0.05) is 17.4 Å². The summed E-state index contributed by atoms with van der Waals surface area (Å²) in [7, 11) is 0. The van der Waals surface area contributed by atoms with Crippen molar-refractivity contribution in [2.24, 2.45) is 0 Å². The maximum absolute atomic E-state index is 13.5. The van der Waals surface area contributed by atoms with Gasteiger partial charge in [0.2, 0.25) is 5.91 Å². The Morgan fingerprint density at radius 2 is 1.94 bits per heavy atom. The van der Waals surface area contributed by atoms with Crippen molar-refractivity contribution in [1.82, 2.24) is 9.55 Å². The van der Waals surface area contributed by atoms with E-state index in [1.54, 1.807) is 12.1 Å². The number of fused-ring (bicyclic) bond motifs is 1. The Balaban J connectivity index is 1.52. The molecule has 1 aliphatic heterocycles. The molecule has 0 bridgehead atoms. The summed E-state index contributed by atoms with van der Waals surface area (Å²) in [4.78, 5) is 31.2. The summed E-state index contributed by atoms with van der Waals surface area (Å²) < 4.78 is 14.9. The average molecular weight is 484 g/mol. The lowest BCUT2D eigenvalue weighted by Crippen LogP contribution is -2.24. The second-order valence-electron chi connectivity index (χ2n) is 8.06. The molecular weight excluding hydrogens is 457 g/mol. The molecule has 3 aromatic rings. The normalized spacial score (nSPS) is 14.8. The molecule has 1 aromatic heterocycles. The standard InChI is InChI=1S/C25H26FN3O2S2/c1-3-4-5-17-6-10-19(11-7-17)27-22(30)15-32-25-28-21-14-16(2)33-23(21)24(31)29(25)20-12-8-18(26)9-13-20/h6-13,16H,3-5,14-15H2,1-2H3,(H,27,30). The van der Waals surface area contributed by atoms with E-state index in [1.165, 1.54) is 45.8 Å². The molecule has 1 aliphatic rings. The summed E-state index contributed by atoms with van der Waals surface area (Å²) >= 11 is 2.72. The minimum Gasteiger partial charge on any atom is -0.325 e. The number of hydrogen-bond acceptors (Lipinski definition) is 5.